The topological polar surface area (TPSA) is 99.4 Å². The highest BCUT2D eigenvalue weighted by Crippen LogP contribution is 2.26. The van der Waals surface area contributed by atoms with Crippen LogP contribution in [0, 0.1) is 11.3 Å². The molecule has 0 spiro atoms. The summed E-state index contributed by atoms with van der Waals surface area (Å²) in [6.07, 6.45) is -0.572. The molecule has 0 bridgehead atoms. The van der Waals surface area contributed by atoms with E-state index in [4.69, 9.17) is 21.6 Å². The second-order valence-corrected chi connectivity index (χ2v) is 8.06. The minimum absolute atomic E-state index is 0.233. The van der Waals surface area contributed by atoms with E-state index in [1.54, 1.807) is 32.9 Å². The number of amides is 1. The summed E-state index contributed by atoms with van der Waals surface area (Å²) in [5.74, 6) is -1.02. The number of benzene rings is 2. The first-order valence-corrected chi connectivity index (χ1v) is 9.45. The summed E-state index contributed by atoms with van der Waals surface area (Å²) < 4.78 is 5.23. The first kappa shape index (κ1) is 22.3. The lowest BCUT2D eigenvalue weighted by molar-refractivity contribution is -0.137. The highest BCUT2D eigenvalue weighted by Gasteiger charge is 2.21. The smallest absolute Gasteiger partial charge is 0.407 e. The van der Waals surface area contributed by atoms with Gasteiger partial charge in [0.05, 0.1) is 17.0 Å². The molecule has 0 heterocycles. The summed E-state index contributed by atoms with van der Waals surface area (Å²) in [4.78, 5) is 23.3. The molecule has 1 atom stereocenters. The fourth-order valence-corrected chi connectivity index (χ4v) is 2.97. The third kappa shape index (κ3) is 7.13. The molecule has 1 amide bonds. The number of carbonyl (C=O) groups excluding carboxylic acids is 1. The maximum atomic E-state index is 12.1. The number of carbonyl (C=O) groups is 2. The Morgan fingerprint density at radius 2 is 1.90 bits per heavy atom. The van der Waals surface area contributed by atoms with Crippen LogP contribution in [0.25, 0.3) is 11.1 Å². The number of carboxylic acids is 1. The number of aliphatic carboxylic acids is 1. The normalized spacial score (nSPS) is 12.0. The summed E-state index contributed by atoms with van der Waals surface area (Å²) in [7, 11) is 0. The third-order valence-electron chi connectivity index (χ3n) is 3.97. The standard InChI is InChI=1S/C22H23ClN2O4/c1-22(2,3)29-21(28)25-18(12-20(26)27)10-14-5-4-6-15(9-14)16-7-8-19(23)17(11-16)13-24/h4-9,11,18H,10,12H2,1-3H3,(H,25,28)(H,26,27)/t18-/m0/s1. The predicted octanol–water partition coefficient (Wildman–Crippen LogP) is 4.79. The number of alkyl carbamates (subject to hydrolysis) is 1. The zero-order chi connectivity index (χ0) is 21.6. The predicted molar refractivity (Wildman–Crippen MR) is 111 cm³/mol. The Hall–Kier alpha value is -3.04. The highest BCUT2D eigenvalue weighted by atomic mass is 35.5. The number of carboxylic acid groups (broad SMARTS) is 1. The molecule has 0 saturated heterocycles. The van der Waals surface area contributed by atoms with Crippen molar-refractivity contribution in [3.63, 3.8) is 0 Å². The Bertz CT molecular complexity index is 945. The Morgan fingerprint density at radius 1 is 1.21 bits per heavy atom. The van der Waals surface area contributed by atoms with Crippen molar-refractivity contribution in [1.82, 2.24) is 5.32 Å². The minimum atomic E-state index is -1.02. The van der Waals surface area contributed by atoms with Crippen LogP contribution in [-0.2, 0) is 16.0 Å². The van der Waals surface area contributed by atoms with Crippen LogP contribution in [0.15, 0.2) is 42.5 Å². The number of nitriles is 1. The van der Waals surface area contributed by atoms with Gasteiger partial charge in [-0.15, -0.1) is 0 Å². The Kier molecular flexibility index (Phi) is 7.24. The van der Waals surface area contributed by atoms with Crippen molar-refractivity contribution in [2.75, 3.05) is 0 Å². The molecule has 2 aromatic rings. The van der Waals surface area contributed by atoms with Crippen molar-refractivity contribution < 1.29 is 19.4 Å². The largest absolute Gasteiger partial charge is 0.481 e. The molecular formula is C22H23ClN2O4. The van der Waals surface area contributed by atoms with Crippen LogP contribution in [-0.4, -0.2) is 28.8 Å². The first-order valence-electron chi connectivity index (χ1n) is 9.07. The summed E-state index contributed by atoms with van der Waals surface area (Å²) in [6, 6.07) is 14.1. The van der Waals surface area contributed by atoms with Gasteiger partial charge < -0.3 is 15.2 Å². The van der Waals surface area contributed by atoms with E-state index in [-0.39, 0.29) is 6.42 Å². The summed E-state index contributed by atoms with van der Waals surface area (Å²) >= 11 is 6.00. The van der Waals surface area contributed by atoms with E-state index in [2.05, 4.69) is 11.4 Å². The van der Waals surface area contributed by atoms with E-state index in [0.29, 0.717) is 17.0 Å². The number of hydrogen-bond acceptors (Lipinski definition) is 4. The molecule has 0 aromatic heterocycles. The average Bonchev–Trinajstić information content (AvgIpc) is 2.60. The third-order valence-corrected chi connectivity index (χ3v) is 4.30. The minimum Gasteiger partial charge on any atom is -0.481 e. The number of ether oxygens (including phenoxy) is 1. The first-order chi connectivity index (χ1) is 13.6. The molecule has 0 aliphatic rings. The van der Waals surface area contributed by atoms with Gasteiger partial charge in [-0.05, 0) is 56.0 Å². The van der Waals surface area contributed by atoms with Gasteiger partial charge >= 0.3 is 12.1 Å². The average molecular weight is 415 g/mol. The van der Waals surface area contributed by atoms with Crippen LogP contribution in [0.4, 0.5) is 4.79 Å². The fraction of sp³-hybridized carbons (Fsp3) is 0.318. The molecule has 6 nitrogen and oxygen atoms in total. The van der Waals surface area contributed by atoms with Crippen molar-refractivity contribution in [3.05, 3.63) is 58.6 Å². The SMILES string of the molecule is CC(C)(C)OC(=O)N[C@H](CC(=O)O)Cc1cccc(-c2ccc(Cl)c(C#N)c2)c1. The van der Waals surface area contributed by atoms with E-state index >= 15 is 0 Å². The number of nitrogens with one attached hydrogen (secondary N) is 1. The second-order valence-electron chi connectivity index (χ2n) is 7.65. The van der Waals surface area contributed by atoms with Crippen molar-refractivity contribution in [2.24, 2.45) is 0 Å². The van der Waals surface area contributed by atoms with E-state index in [1.807, 2.05) is 30.3 Å². The zero-order valence-electron chi connectivity index (χ0n) is 16.5. The van der Waals surface area contributed by atoms with Gasteiger partial charge in [0.2, 0.25) is 0 Å². The van der Waals surface area contributed by atoms with E-state index in [1.165, 1.54) is 0 Å². The van der Waals surface area contributed by atoms with Crippen molar-refractivity contribution >= 4 is 23.7 Å². The number of hydrogen-bond donors (Lipinski definition) is 2. The van der Waals surface area contributed by atoms with Crippen LogP contribution in [0.5, 0.6) is 0 Å². The lowest BCUT2D eigenvalue weighted by atomic mass is 9.97. The Balaban J connectivity index is 2.21. The Labute approximate surface area is 175 Å². The van der Waals surface area contributed by atoms with Crippen LogP contribution in [0.1, 0.15) is 38.3 Å². The van der Waals surface area contributed by atoms with Gasteiger partial charge in [-0.3, -0.25) is 4.79 Å². The van der Waals surface area contributed by atoms with Gasteiger partial charge in [0.15, 0.2) is 0 Å². The van der Waals surface area contributed by atoms with Gasteiger partial charge in [0.25, 0.3) is 0 Å². The lowest BCUT2D eigenvalue weighted by Crippen LogP contribution is -2.41. The molecule has 7 heteroatoms. The number of rotatable bonds is 6. The Morgan fingerprint density at radius 3 is 2.52 bits per heavy atom. The van der Waals surface area contributed by atoms with Crippen LogP contribution in [0.3, 0.4) is 0 Å². The maximum Gasteiger partial charge on any atom is 0.407 e. The molecule has 0 saturated carbocycles. The van der Waals surface area contributed by atoms with Gasteiger partial charge in [-0.2, -0.15) is 5.26 Å². The van der Waals surface area contributed by atoms with Crippen LogP contribution >= 0.6 is 11.6 Å². The maximum absolute atomic E-state index is 12.1. The summed E-state index contributed by atoms with van der Waals surface area (Å²) in [6.45, 7) is 5.22. The van der Waals surface area contributed by atoms with Crippen LogP contribution < -0.4 is 5.32 Å². The molecule has 152 valence electrons. The molecule has 2 N–H and O–H groups in total. The lowest BCUT2D eigenvalue weighted by Gasteiger charge is -2.23. The molecule has 0 unspecified atom stereocenters. The van der Waals surface area contributed by atoms with Gasteiger partial charge in [0, 0.05) is 6.04 Å². The van der Waals surface area contributed by atoms with Gasteiger partial charge in [0.1, 0.15) is 11.7 Å². The number of nitrogens with zero attached hydrogens (tertiary/aromatic N) is 1. The monoisotopic (exact) mass is 414 g/mol. The van der Waals surface area contributed by atoms with Gasteiger partial charge in [-0.1, -0.05) is 41.9 Å². The quantitative estimate of drug-likeness (QED) is 0.707. The molecule has 29 heavy (non-hydrogen) atoms. The molecule has 0 fully saturated rings. The highest BCUT2D eigenvalue weighted by molar-refractivity contribution is 6.31. The van der Waals surface area contributed by atoms with Crippen LogP contribution in [0.2, 0.25) is 5.02 Å². The zero-order valence-corrected chi connectivity index (χ0v) is 17.3. The summed E-state index contributed by atoms with van der Waals surface area (Å²) in [5.41, 5.74) is 2.23. The molecule has 2 rings (SSSR count). The molecule has 0 aliphatic carbocycles. The molecule has 0 radical (unpaired) electrons. The van der Waals surface area contributed by atoms with E-state index in [9.17, 15) is 14.7 Å². The fourth-order valence-electron chi connectivity index (χ4n) is 2.81. The molecule has 2 aromatic carbocycles. The second kappa shape index (κ2) is 9.44. The van der Waals surface area contributed by atoms with Crippen molar-refractivity contribution in [1.29, 1.82) is 5.26 Å². The van der Waals surface area contributed by atoms with E-state index < -0.39 is 23.7 Å². The molecule has 0 aliphatic heterocycles. The molecular weight excluding hydrogens is 392 g/mol. The van der Waals surface area contributed by atoms with Crippen molar-refractivity contribution in [3.8, 4) is 17.2 Å². The summed E-state index contributed by atoms with van der Waals surface area (Å²) in [5, 5.41) is 21.4. The van der Waals surface area contributed by atoms with E-state index in [0.717, 1.165) is 16.7 Å². The van der Waals surface area contributed by atoms with Crippen molar-refractivity contribution in [2.45, 2.75) is 45.3 Å². The number of halogens is 1. The van der Waals surface area contributed by atoms with Gasteiger partial charge in [-0.25, -0.2) is 4.79 Å².